The molecule has 3 aromatic carbocycles. The van der Waals surface area contributed by atoms with Crippen molar-refractivity contribution in [2.24, 2.45) is 0 Å². The molecular formula is C18H16O4S. The van der Waals surface area contributed by atoms with E-state index in [4.69, 9.17) is 8.92 Å². The molecule has 0 atom stereocenters. The highest BCUT2D eigenvalue weighted by Gasteiger charge is 2.19. The Morgan fingerprint density at radius 1 is 0.826 bits per heavy atom. The Bertz CT molecular complexity index is 932. The second-order valence-electron chi connectivity index (χ2n) is 4.93. The predicted octanol–water partition coefficient (Wildman–Crippen LogP) is 4.01. The van der Waals surface area contributed by atoms with Crippen LogP contribution in [0.1, 0.15) is 6.92 Å². The summed E-state index contributed by atoms with van der Waals surface area (Å²) in [5, 5.41) is 1.82. The van der Waals surface area contributed by atoms with Gasteiger partial charge < -0.3 is 8.92 Å². The van der Waals surface area contributed by atoms with E-state index in [0.717, 1.165) is 10.8 Å². The van der Waals surface area contributed by atoms with Gasteiger partial charge in [0.05, 0.1) is 6.61 Å². The number of rotatable bonds is 5. The smallest absolute Gasteiger partial charge is 0.339 e. The Kier molecular flexibility index (Phi) is 4.21. The third kappa shape index (κ3) is 3.29. The lowest BCUT2D eigenvalue weighted by Crippen LogP contribution is -2.10. The van der Waals surface area contributed by atoms with E-state index >= 15 is 0 Å². The Morgan fingerprint density at radius 3 is 2.22 bits per heavy atom. The molecule has 0 amide bonds. The van der Waals surface area contributed by atoms with E-state index in [2.05, 4.69) is 0 Å². The van der Waals surface area contributed by atoms with E-state index in [-0.39, 0.29) is 10.6 Å². The van der Waals surface area contributed by atoms with Gasteiger partial charge in [-0.15, -0.1) is 0 Å². The zero-order chi connectivity index (χ0) is 16.3. The van der Waals surface area contributed by atoms with Gasteiger partial charge in [0.2, 0.25) is 0 Å². The zero-order valence-electron chi connectivity index (χ0n) is 12.6. The van der Waals surface area contributed by atoms with Crippen LogP contribution in [-0.2, 0) is 10.1 Å². The van der Waals surface area contributed by atoms with Crippen LogP contribution < -0.4 is 8.92 Å². The van der Waals surface area contributed by atoms with Crippen LogP contribution in [0.2, 0.25) is 0 Å². The van der Waals surface area contributed by atoms with Gasteiger partial charge in [-0.1, -0.05) is 42.5 Å². The lowest BCUT2D eigenvalue weighted by atomic mass is 10.1. The number of benzene rings is 3. The second-order valence-corrected chi connectivity index (χ2v) is 6.47. The summed E-state index contributed by atoms with van der Waals surface area (Å²) in [7, 11) is -3.93. The van der Waals surface area contributed by atoms with Crippen molar-refractivity contribution in [3.8, 4) is 11.5 Å². The normalized spacial score (nSPS) is 11.3. The van der Waals surface area contributed by atoms with Crippen molar-refractivity contribution in [2.45, 2.75) is 11.8 Å². The fourth-order valence-corrected chi connectivity index (χ4v) is 3.26. The van der Waals surface area contributed by atoms with Crippen LogP contribution in [0.3, 0.4) is 0 Å². The quantitative estimate of drug-likeness (QED) is 0.664. The van der Waals surface area contributed by atoms with Crippen molar-refractivity contribution < 1.29 is 17.3 Å². The number of para-hydroxylation sites is 2. The molecule has 23 heavy (non-hydrogen) atoms. The minimum absolute atomic E-state index is 0.113. The molecule has 0 aliphatic heterocycles. The van der Waals surface area contributed by atoms with Gasteiger partial charge in [0, 0.05) is 0 Å². The maximum Gasteiger partial charge on any atom is 0.339 e. The molecule has 0 bridgehead atoms. The first kappa shape index (κ1) is 15.4. The number of hydrogen-bond donors (Lipinski definition) is 0. The van der Waals surface area contributed by atoms with Crippen LogP contribution in [-0.4, -0.2) is 15.0 Å². The van der Waals surface area contributed by atoms with E-state index in [1.165, 1.54) is 0 Å². The molecule has 0 radical (unpaired) electrons. The third-order valence-corrected chi connectivity index (χ3v) is 4.59. The largest absolute Gasteiger partial charge is 0.490 e. The van der Waals surface area contributed by atoms with Crippen LogP contribution in [0.15, 0.2) is 71.6 Å². The summed E-state index contributed by atoms with van der Waals surface area (Å²) < 4.78 is 35.7. The van der Waals surface area contributed by atoms with E-state index in [1.807, 2.05) is 31.2 Å². The summed E-state index contributed by atoms with van der Waals surface area (Å²) in [5.74, 6) is 0.585. The number of fused-ring (bicyclic) bond motifs is 1. The first-order valence-corrected chi connectivity index (χ1v) is 8.66. The fourth-order valence-electron chi connectivity index (χ4n) is 2.28. The summed E-state index contributed by atoms with van der Waals surface area (Å²) in [4.78, 5) is 0.113. The highest BCUT2D eigenvalue weighted by atomic mass is 32.2. The van der Waals surface area contributed by atoms with Gasteiger partial charge in [-0.05, 0) is 42.0 Å². The molecular weight excluding hydrogens is 312 g/mol. The molecule has 0 saturated heterocycles. The predicted molar refractivity (Wildman–Crippen MR) is 89.4 cm³/mol. The topological polar surface area (TPSA) is 52.6 Å². The van der Waals surface area contributed by atoms with Gasteiger partial charge >= 0.3 is 10.1 Å². The van der Waals surface area contributed by atoms with Gasteiger partial charge in [-0.3, -0.25) is 0 Å². The molecule has 5 heteroatoms. The van der Waals surface area contributed by atoms with Gasteiger partial charge in [-0.2, -0.15) is 8.42 Å². The average Bonchev–Trinajstić information content (AvgIpc) is 2.56. The molecule has 0 aliphatic carbocycles. The highest BCUT2D eigenvalue weighted by molar-refractivity contribution is 7.87. The third-order valence-electron chi connectivity index (χ3n) is 3.36. The summed E-state index contributed by atoms with van der Waals surface area (Å²) in [6, 6.07) is 19.2. The SMILES string of the molecule is CCOc1ccccc1OS(=O)(=O)c1ccc2ccccc2c1. The van der Waals surface area contributed by atoms with E-state index < -0.39 is 10.1 Å². The zero-order valence-corrected chi connectivity index (χ0v) is 13.4. The molecule has 118 valence electrons. The highest BCUT2D eigenvalue weighted by Crippen LogP contribution is 2.30. The van der Waals surface area contributed by atoms with E-state index in [0.29, 0.717) is 12.4 Å². The van der Waals surface area contributed by atoms with Crippen molar-refractivity contribution in [3.05, 3.63) is 66.7 Å². The maximum atomic E-state index is 12.5. The molecule has 0 saturated carbocycles. The van der Waals surface area contributed by atoms with E-state index in [1.54, 1.807) is 42.5 Å². The van der Waals surface area contributed by atoms with Gasteiger partial charge in [0.1, 0.15) is 4.90 Å². The number of hydrogen-bond acceptors (Lipinski definition) is 4. The molecule has 0 unspecified atom stereocenters. The fraction of sp³-hybridized carbons (Fsp3) is 0.111. The van der Waals surface area contributed by atoms with Crippen LogP contribution in [0.4, 0.5) is 0 Å². The van der Waals surface area contributed by atoms with Crippen LogP contribution >= 0.6 is 0 Å². The molecule has 3 rings (SSSR count). The van der Waals surface area contributed by atoms with Gasteiger partial charge in [0.15, 0.2) is 11.5 Å². The minimum atomic E-state index is -3.93. The van der Waals surface area contributed by atoms with Crippen LogP contribution in [0.25, 0.3) is 10.8 Å². The second kappa shape index (κ2) is 6.30. The van der Waals surface area contributed by atoms with Crippen molar-refractivity contribution in [1.29, 1.82) is 0 Å². The first-order valence-electron chi connectivity index (χ1n) is 7.25. The van der Waals surface area contributed by atoms with E-state index in [9.17, 15) is 8.42 Å². The molecule has 4 nitrogen and oxygen atoms in total. The Morgan fingerprint density at radius 2 is 1.48 bits per heavy atom. The molecule has 0 fully saturated rings. The minimum Gasteiger partial charge on any atom is -0.490 e. The molecule has 3 aromatic rings. The van der Waals surface area contributed by atoms with Crippen LogP contribution in [0.5, 0.6) is 11.5 Å². The lowest BCUT2D eigenvalue weighted by molar-refractivity contribution is 0.327. The summed E-state index contributed by atoms with van der Waals surface area (Å²) in [5.41, 5.74) is 0. The summed E-state index contributed by atoms with van der Waals surface area (Å²) in [6.07, 6.45) is 0. The molecule has 0 N–H and O–H groups in total. The Labute approximate surface area is 135 Å². The summed E-state index contributed by atoms with van der Waals surface area (Å²) >= 11 is 0. The monoisotopic (exact) mass is 328 g/mol. The standard InChI is InChI=1S/C18H16O4S/c1-2-21-17-9-5-6-10-18(17)22-23(19,20)16-12-11-14-7-3-4-8-15(14)13-16/h3-13H,2H2,1H3. The average molecular weight is 328 g/mol. The van der Waals surface area contributed by atoms with Gasteiger partial charge in [0.25, 0.3) is 0 Å². The first-order chi connectivity index (χ1) is 11.1. The Balaban J connectivity index is 1.97. The molecule has 0 heterocycles. The van der Waals surface area contributed by atoms with Crippen molar-refractivity contribution >= 4 is 20.9 Å². The molecule has 0 spiro atoms. The van der Waals surface area contributed by atoms with Crippen LogP contribution in [0, 0.1) is 0 Å². The van der Waals surface area contributed by atoms with Gasteiger partial charge in [-0.25, -0.2) is 0 Å². The molecule has 0 aliphatic rings. The number of ether oxygens (including phenoxy) is 1. The Hall–Kier alpha value is -2.53. The lowest BCUT2D eigenvalue weighted by Gasteiger charge is -2.12. The van der Waals surface area contributed by atoms with Crippen molar-refractivity contribution in [2.75, 3.05) is 6.61 Å². The molecule has 0 aromatic heterocycles. The van der Waals surface area contributed by atoms with Crippen molar-refractivity contribution in [3.63, 3.8) is 0 Å². The maximum absolute atomic E-state index is 12.5. The summed E-state index contributed by atoms with van der Waals surface area (Å²) in [6.45, 7) is 2.25. The van der Waals surface area contributed by atoms with Crippen molar-refractivity contribution in [1.82, 2.24) is 0 Å².